The second kappa shape index (κ2) is 9.66. The number of H-pyrrole nitrogens is 1. The number of carboxylic acid groups (broad SMARTS) is 2. The van der Waals surface area contributed by atoms with Crippen molar-refractivity contribution in [2.24, 2.45) is 0 Å². The predicted octanol–water partition coefficient (Wildman–Crippen LogP) is 1.68. The second-order valence-electron chi connectivity index (χ2n) is 6.78. The first-order valence-corrected chi connectivity index (χ1v) is 9.38. The molecule has 9 nitrogen and oxygen atoms in total. The van der Waals surface area contributed by atoms with Crippen molar-refractivity contribution in [1.82, 2.24) is 19.8 Å². The quantitative estimate of drug-likeness (QED) is 0.561. The largest absolute Gasteiger partial charge is 0.473 e. The molecule has 1 fully saturated rings. The van der Waals surface area contributed by atoms with Crippen LogP contribution in [0.15, 0.2) is 55.0 Å². The second-order valence-corrected chi connectivity index (χ2v) is 6.78. The first-order valence-electron chi connectivity index (χ1n) is 9.38. The summed E-state index contributed by atoms with van der Waals surface area (Å²) in [6, 6.07) is 12.0. The van der Waals surface area contributed by atoms with Crippen LogP contribution < -0.4 is 0 Å². The summed E-state index contributed by atoms with van der Waals surface area (Å²) >= 11 is 0. The minimum absolute atomic E-state index is 0.0786. The Balaban J connectivity index is 0.000000377. The number of aliphatic carboxylic acids is 2. The molecule has 30 heavy (non-hydrogen) atoms. The van der Waals surface area contributed by atoms with Crippen molar-refractivity contribution in [1.29, 1.82) is 0 Å². The van der Waals surface area contributed by atoms with Gasteiger partial charge in [0.15, 0.2) is 0 Å². The zero-order valence-corrected chi connectivity index (χ0v) is 16.2. The van der Waals surface area contributed by atoms with Gasteiger partial charge >= 0.3 is 11.9 Å². The van der Waals surface area contributed by atoms with Gasteiger partial charge in [-0.15, -0.1) is 0 Å². The van der Waals surface area contributed by atoms with E-state index in [1.165, 1.54) is 16.5 Å². The van der Waals surface area contributed by atoms with Crippen LogP contribution in [0.2, 0.25) is 0 Å². The fourth-order valence-corrected chi connectivity index (χ4v) is 3.28. The molecule has 0 bridgehead atoms. The van der Waals surface area contributed by atoms with E-state index in [4.69, 9.17) is 19.8 Å². The van der Waals surface area contributed by atoms with Crippen LogP contribution in [-0.2, 0) is 16.1 Å². The molecule has 2 aromatic heterocycles. The molecule has 156 valence electrons. The highest BCUT2D eigenvalue weighted by molar-refractivity contribution is 6.27. The van der Waals surface area contributed by atoms with Crippen molar-refractivity contribution in [3.8, 4) is 0 Å². The molecular weight excluding hydrogens is 388 g/mol. The molecule has 1 amide bonds. The monoisotopic (exact) mass is 410 g/mol. The summed E-state index contributed by atoms with van der Waals surface area (Å²) in [6.07, 6.45) is 5.42. The third-order valence-corrected chi connectivity index (χ3v) is 4.82. The lowest BCUT2D eigenvalue weighted by Crippen LogP contribution is -2.48. The van der Waals surface area contributed by atoms with Gasteiger partial charge in [0.1, 0.15) is 0 Å². The highest BCUT2D eigenvalue weighted by Gasteiger charge is 2.22. The van der Waals surface area contributed by atoms with Crippen LogP contribution in [0.25, 0.3) is 10.9 Å². The molecule has 3 N–H and O–H groups in total. The number of fused-ring (bicyclic) bond motifs is 1. The van der Waals surface area contributed by atoms with E-state index in [9.17, 15) is 4.79 Å². The van der Waals surface area contributed by atoms with Crippen molar-refractivity contribution >= 4 is 28.7 Å². The lowest BCUT2D eigenvalue weighted by Gasteiger charge is -2.34. The summed E-state index contributed by atoms with van der Waals surface area (Å²) in [6.45, 7) is 4.22. The molecule has 4 rings (SSSR count). The van der Waals surface area contributed by atoms with Crippen molar-refractivity contribution in [3.05, 3.63) is 66.1 Å². The number of pyridine rings is 1. The predicted molar refractivity (Wildman–Crippen MR) is 109 cm³/mol. The Morgan fingerprint density at radius 1 is 0.967 bits per heavy atom. The third kappa shape index (κ3) is 5.21. The van der Waals surface area contributed by atoms with Gasteiger partial charge in [0.05, 0.1) is 5.56 Å². The number of rotatable bonds is 3. The molecule has 0 radical (unpaired) electrons. The maximum Gasteiger partial charge on any atom is 0.414 e. The summed E-state index contributed by atoms with van der Waals surface area (Å²) in [5.41, 5.74) is 3.16. The number of carboxylic acids is 2. The molecule has 1 aliphatic rings. The van der Waals surface area contributed by atoms with Crippen molar-refractivity contribution < 1.29 is 24.6 Å². The molecular formula is C21H22N4O5. The average Bonchev–Trinajstić information content (AvgIpc) is 3.18. The molecule has 0 spiro atoms. The zero-order valence-electron chi connectivity index (χ0n) is 16.2. The number of amides is 1. The molecule has 0 aliphatic carbocycles. The van der Waals surface area contributed by atoms with Crippen molar-refractivity contribution in [2.75, 3.05) is 26.2 Å². The lowest BCUT2D eigenvalue weighted by molar-refractivity contribution is -0.159. The van der Waals surface area contributed by atoms with E-state index in [-0.39, 0.29) is 5.91 Å². The van der Waals surface area contributed by atoms with E-state index in [1.54, 1.807) is 18.5 Å². The SMILES string of the molecule is O=C(O)C(=O)O.O=C(c1cccnc1)N1CCN(Cc2c[nH]c3ccccc23)CC1. The smallest absolute Gasteiger partial charge is 0.414 e. The van der Waals surface area contributed by atoms with Crippen molar-refractivity contribution in [3.63, 3.8) is 0 Å². The minimum Gasteiger partial charge on any atom is -0.473 e. The maximum absolute atomic E-state index is 12.5. The number of nitrogens with zero attached hydrogens (tertiary/aromatic N) is 3. The number of piperazine rings is 1. The Morgan fingerprint density at radius 2 is 1.67 bits per heavy atom. The van der Waals surface area contributed by atoms with Gasteiger partial charge in [-0.3, -0.25) is 14.7 Å². The number of nitrogens with one attached hydrogen (secondary N) is 1. The van der Waals surface area contributed by atoms with Gasteiger partial charge in [0.25, 0.3) is 5.91 Å². The van der Waals surface area contributed by atoms with Crippen molar-refractivity contribution in [2.45, 2.75) is 6.54 Å². The standard InChI is InChI=1S/C19H20N4O.C2H2O4/c24-19(15-4-3-7-20-12-15)23-10-8-22(9-11-23)14-16-13-21-18-6-2-1-5-17(16)18;3-1(4)2(5)6/h1-7,12-13,21H,8-11,14H2;(H,3,4)(H,5,6). The molecule has 1 aliphatic heterocycles. The summed E-state index contributed by atoms with van der Waals surface area (Å²) < 4.78 is 0. The number of benzene rings is 1. The van der Waals surface area contributed by atoms with Crippen LogP contribution in [0, 0.1) is 0 Å². The highest BCUT2D eigenvalue weighted by atomic mass is 16.4. The Hall–Kier alpha value is -3.72. The van der Waals surface area contributed by atoms with E-state index in [0.29, 0.717) is 5.56 Å². The van der Waals surface area contributed by atoms with E-state index in [2.05, 4.69) is 39.3 Å². The van der Waals surface area contributed by atoms with Gasteiger partial charge < -0.3 is 20.1 Å². The molecule has 1 aromatic carbocycles. The molecule has 0 saturated carbocycles. The first kappa shape index (κ1) is 21.0. The van der Waals surface area contributed by atoms with E-state index < -0.39 is 11.9 Å². The number of carbonyl (C=O) groups excluding carboxylic acids is 1. The summed E-state index contributed by atoms with van der Waals surface area (Å²) in [5, 5.41) is 16.1. The number of hydrogen-bond donors (Lipinski definition) is 3. The molecule has 0 atom stereocenters. The topological polar surface area (TPSA) is 127 Å². The molecule has 3 heterocycles. The number of aromatic nitrogens is 2. The van der Waals surface area contributed by atoms with Crippen LogP contribution in [0.1, 0.15) is 15.9 Å². The van der Waals surface area contributed by atoms with Crippen LogP contribution in [-0.4, -0.2) is 74.0 Å². The Kier molecular flexibility index (Phi) is 6.76. The summed E-state index contributed by atoms with van der Waals surface area (Å²) in [7, 11) is 0. The third-order valence-electron chi connectivity index (χ3n) is 4.82. The van der Waals surface area contributed by atoms with Gasteiger partial charge in [-0.05, 0) is 23.8 Å². The van der Waals surface area contributed by atoms with Crippen LogP contribution in [0.3, 0.4) is 0 Å². The number of para-hydroxylation sites is 1. The molecule has 1 saturated heterocycles. The van der Waals surface area contributed by atoms with Gasteiger partial charge in [-0.1, -0.05) is 18.2 Å². The summed E-state index contributed by atoms with van der Waals surface area (Å²) in [4.78, 5) is 42.3. The number of carbonyl (C=O) groups is 3. The van der Waals surface area contributed by atoms with Crippen LogP contribution >= 0.6 is 0 Å². The molecule has 3 aromatic rings. The van der Waals surface area contributed by atoms with Gasteiger partial charge in [-0.2, -0.15) is 0 Å². The number of hydrogen-bond acceptors (Lipinski definition) is 5. The Bertz CT molecular complexity index is 1010. The van der Waals surface area contributed by atoms with E-state index in [1.807, 2.05) is 17.0 Å². The van der Waals surface area contributed by atoms with E-state index in [0.717, 1.165) is 32.7 Å². The van der Waals surface area contributed by atoms with Gasteiger partial charge in [0, 0.05) is 62.2 Å². The van der Waals surface area contributed by atoms with Gasteiger partial charge in [0.2, 0.25) is 0 Å². The highest BCUT2D eigenvalue weighted by Crippen LogP contribution is 2.20. The fourth-order valence-electron chi connectivity index (χ4n) is 3.28. The average molecular weight is 410 g/mol. The fraction of sp³-hybridized carbons (Fsp3) is 0.238. The first-order chi connectivity index (χ1) is 14.5. The molecule has 9 heteroatoms. The number of aromatic amines is 1. The minimum atomic E-state index is -1.82. The zero-order chi connectivity index (χ0) is 21.5. The normalized spacial score (nSPS) is 14.1. The lowest BCUT2D eigenvalue weighted by atomic mass is 10.1. The van der Waals surface area contributed by atoms with E-state index >= 15 is 0 Å². The van der Waals surface area contributed by atoms with Crippen LogP contribution in [0.5, 0.6) is 0 Å². The maximum atomic E-state index is 12.5. The molecule has 0 unspecified atom stereocenters. The summed E-state index contributed by atoms with van der Waals surface area (Å²) in [5.74, 6) is -3.57. The Labute approximate surface area is 172 Å². The van der Waals surface area contributed by atoms with Gasteiger partial charge in [-0.25, -0.2) is 9.59 Å². The van der Waals surface area contributed by atoms with Crippen LogP contribution in [0.4, 0.5) is 0 Å². The Morgan fingerprint density at radius 3 is 2.30 bits per heavy atom.